The zero-order chi connectivity index (χ0) is 13.7. The van der Waals surface area contributed by atoms with E-state index in [0.717, 1.165) is 23.4 Å². The van der Waals surface area contributed by atoms with Crippen molar-refractivity contribution in [2.24, 2.45) is 0 Å². The van der Waals surface area contributed by atoms with Crippen LogP contribution in [0.25, 0.3) is 0 Å². The first-order valence-corrected chi connectivity index (χ1v) is 8.17. The summed E-state index contributed by atoms with van der Waals surface area (Å²) in [5.74, 6) is 1.94. The molecule has 1 aromatic heterocycles. The Morgan fingerprint density at radius 2 is 1.95 bits per heavy atom. The molecule has 4 N–H and O–H groups in total. The largest absolute Gasteiger partial charge is 0.370 e. The van der Waals surface area contributed by atoms with Gasteiger partial charge in [-0.15, -0.1) is 0 Å². The van der Waals surface area contributed by atoms with Crippen molar-refractivity contribution in [2.75, 3.05) is 29.2 Å². The fraction of sp³-hybridized carbons (Fsp3) is 0.692. The summed E-state index contributed by atoms with van der Waals surface area (Å²) in [5.41, 5.74) is 5.73. The van der Waals surface area contributed by atoms with E-state index in [1.165, 1.54) is 25.7 Å². The first kappa shape index (κ1) is 14.2. The zero-order valence-electron chi connectivity index (χ0n) is 11.6. The molecule has 0 atom stereocenters. The molecule has 0 unspecified atom stereocenters. The van der Waals surface area contributed by atoms with E-state index in [9.17, 15) is 0 Å². The van der Waals surface area contributed by atoms with Crippen LogP contribution in [0.3, 0.4) is 0 Å². The minimum Gasteiger partial charge on any atom is -0.370 e. The fourth-order valence-corrected chi connectivity index (χ4v) is 3.21. The second-order valence-corrected chi connectivity index (χ2v) is 6.02. The Balaban J connectivity index is 1.95. The van der Waals surface area contributed by atoms with Gasteiger partial charge in [-0.2, -0.15) is 21.7 Å². The van der Waals surface area contributed by atoms with Crippen LogP contribution in [0.5, 0.6) is 0 Å². The number of nitrogens with two attached hydrogens (primary N) is 1. The van der Waals surface area contributed by atoms with E-state index in [-0.39, 0.29) is 0 Å². The maximum atomic E-state index is 5.73. The van der Waals surface area contributed by atoms with E-state index in [4.69, 9.17) is 5.73 Å². The summed E-state index contributed by atoms with van der Waals surface area (Å²) in [7, 11) is 0. The highest BCUT2D eigenvalue weighted by atomic mass is 32.2. The molecule has 1 heterocycles. The van der Waals surface area contributed by atoms with Gasteiger partial charge in [-0.1, -0.05) is 0 Å². The Morgan fingerprint density at radius 3 is 2.58 bits per heavy atom. The number of rotatable bonds is 5. The molecule has 2 rings (SSSR count). The number of nitrogen functional groups attached to an aromatic ring is 1. The lowest BCUT2D eigenvalue weighted by molar-refractivity contribution is 0.472. The van der Waals surface area contributed by atoms with E-state index >= 15 is 0 Å². The minimum absolute atomic E-state index is 0.318. The van der Waals surface area contributed by atoms with Crippen molar-refractivity contribution in [3.05, 3.63) is 6.07 Å². The van der Waals surface area contributed by atoms with Crippen LogP contribution in [0.2, 0.25) is 0 Å². The first-order valence-electron chi connectivity index (χ1n) is 6.89. The summed E-state index contributed by atoms with van der Waals surface area (Å²) in [6.07, 6.45) is 7.16. The maximum Gasteiger partial charge on any atom is 0.223 e. The number of nitrogens with zero attached hydrogens (tertiary/aromatic N) is 2. The van der Waals surface area contributed by atoms with Crippen molar-refractivity contribution in [1.82, 2.24) is 9.97 Å². The smallest absolute Gasteiger partial charge is 0.223 e. The Labute approximate surface area is 119 Å². The molecule has 1 aromatic rings. The molecule has 1 saturated carbocycles. The van der Waals surface area contributed by atoms with Crippen molar-refractivity contribution >= 4 is 29.3 Å². The van der Waals surface area contributed by atoms with E-state index in [0.29, 0.717) is 12.0 Å². The molecule has 6 heteroatoms. The Morgan fingerprint density at radius 1 is 1.26 bits per heavy atom. The van der Waals surface area contributed by atoms with Gasteiger partial charge in [0.1, 0.15) is 11.6 Å². The molecule has 0 bridgehead atoms. The maximum absolute atomic E-state index is 5.73. The number of hydrogen-bond donors (Lipinski definition) is 3. The molecule has 0 amide bonds. The SMILES string of the molecule is CCNc1cc(NC2CCC(SC)CC2)nc(N)n1. The van der Waals surface area contributed by atoms with Gasteiger partial charge in [-0.3, -0.25) is 0 Å². The fourth-order valence-electron chi connectivity index (χ4n) is 2.46. The predicted octanol–water partition coefficient (Wildman–Crippen LogP) is 2.58. The molecule has 0 aliphatic heterocycles. The molecule has 1 aliphatic carbocycles. The van der Waals surface area contributed by atoms with Gasteiger partial charge in [-0.25, -0.2) is 0 Å². The summed E-state index contributed by atoms with van der Waals surface area (Å²) >= 11 is 1.98. The third kappa shape index (κ3) is 4.16. The van der Waals surface area contributed by atoms with Gasteiger partial charge in [0.2, 0.25) is 5.95 Å². The third-order valence-electron chi connectivity index (χ3n) is 3.46. The van der Waals surface area contributed by atoms with Gasteiger partial charge in [-0.05, 0) is 38.9 Å². The average Bonchev–Trinajstić information content (AvgIpc) is 2.39. The van der Waals surface area contributed by atoms with Crippen molar-refractivity contribution in [3.8, 4) is 0 Å². The van der Waals surface area contributed by atoms with Crippen LogP contribution in [-0.2, 0) is 0 Å². The molecule has 5 nitrogen and oxygen atoms in total. The quantitative estimate of drug-likeness (QED) is 0.770. The van der Waals surface area contributed by atoms with Gasteiger partial charge in [0.05, 0.1) is 0 Å². The monoisotopic (exact) mass is 281 g/mol. The van der Waals surface area contributed by atoms with Crippen LogP contribution in [-0.4, -0.2) is 34.1 Å². The normalized spacial score (nSPS) is 23.1. The van der Waals surface area contributed by atoms with Gasteiger partial charge in [0, 0.05) is 23.9 Å². The highest BCUT2D eigenvalue weighted by molar-refractivity contribution is 7.99. The molecule has 0 spiro atoms. The molecule has 106 valence electrons. The zero-order valence-corrected chi connectivity index (χ0v) is 12.5. The molecular formula is C13H23N5S. The summed E-state index contributed by atoms with van der Waals surface area (Å²) in [6, 6.07) is 2.44. The van der Waals surface area contributed by atoms with E-state index in [1.807, 2.05) is 24.8 Å². The summed E-state index contributed by atoms with van der Waals surface area (Å²) in [6.45, 7) is 2.86. The van der Waals surface area contributed by atoms with Crippen molar-refractivity contribution < 1.29 is 0 Å². The second-order valence-electron chi connectivity index (χ2n) is 4.88. The third-order valence-corrected chi connectivity index (χ3v) is 4.60. The summed E-state index contributed by atoms with van der Waals surface area (Å²) in [5, 5.41) is 7.48. The highest BCUT2D eigenvalue weighted by Gasteiger charge is 2.20. The van der Waals surface area contributed by atoms with Crippen LogP contribution in [0.15, 0.2) is 6.07 Å². The molecule has 0 radical (unpaired) electrons. The van der Waals surface area contributed by atoms with Crippen LogP contribution >= 0.6 is 11.8 Å². The van der Waals surface area contributed by atoms with Crippen LogP contribution in [0, 0.1) is 0 Å². The Bertz CT molecular complexity index is 404. The molecule has 0 aromatic carbocycles. The minimum atomic E-state index is 0.318. The van der Waals surface area contributed by atoms with Crippen LogP contribution in [0.4, 0.5) is 17.6 Å². The topological polar surface area (TPSA) is 75.9 Å². The van der Waals surface area contributed by atoms with Crippen molar-refractivity contribution in [2.45, 2.75) is 43.9 Å². The number of thioether (sulfide) groups is 1. The lowest BCUT2D eigenvalue weighted by atomic mass is 9.95. The van der Waals surface area contributed by atoms with E-state index in [1.54, 1.807) is 0 Å². The molecule has 0 saturated heterocycles. The summed E-state index contributed by atoms with van der Waals surface area (Å²) < 4.78 is 0. The van der Waals surface area contributed by atoms with Crippen LogP contribution < -0.4 is 16.4 Å². The Kier molecular flexibility index (Phi) is 5.13. The van der Waals surface area contributed by atoms with Gasteiger partial charge in [0.15, 0.2) is 0 Å². The molecule has 19 heavy (non-hydrogen) atoms. The van der Waals surface area contributed by atoms with E-state index < -0.39 is 0 Å². The van der Waals surface area contributed by atoms with E-state index in [2.05, 4.69) is 26.9 Å². The lowest BCUT2D eigenvalue weighted by Gasteiger charge is -2.28. The second kappa shape index (κ2) is 6.84. The predicted molar refractivity (Wildman–Crippen MR) is 83.8 cm³/mol. The number of hydrogen-bond acceptors (Lipinski definition) is 6. The molecular weight excluding hydrogens is 258 g/mol. The molecule has 1 aliphatic rings. The standard InChI is InChI=1S/C13H23N5S/c1-3-15-11-8-12(18-13(14)17-11)16-9-4-6-10(19-2)7-5-9/h8-10H,3-7H2,1-2H3,(H4,14,15,16,17,18). The van der Waals surface area contributed by atoms with Gasteiger partial charge < -0.3 is 16.4 Å². The lowest BCUT2D eigenvalue weighted by Crippen LogP contribution is -2.27. The van der Waals surface area contributed by atoms with Crippen LogP contribution in [0.1, 0.15) is 32.6 Å². The summed E-state index contributed by atoms with van der Waals surface area (Å²) in [4.78, 5) is 8.41. The number of anilines is 3. The number of aromatic nitrogens is 2. The first-order chi connectivity index (χ1) is 9.21. The van der Waals surface area contributed by atoms with Gasteiger partial charge in [0.25, 0.3) is 0 Å². The Hall–Kier alpha value is -1.17. The highest BCUT2D eigenvalue weighted by Crippen LogP contribution is 2.28. The van der Waals surface area contributed by atoms with Crippen molar-refractivity contribution in [1.29, 1.82) is 0 Å². The average molecular weight is 281 g/mol. The van der Waals surface area contributed by atoms with Crippen molar-refractivity contribution in [3.63, 3.8) is 0 Å². The molecule has 1 fully saturated rings. The van der Waals surface area contributed by atoms with Gasteiger partial charge >= 0.3 is 0 Å². The number of nitrogens with one attached hydrogen (secondary N) is 2.